The molecule has 0 saturated heterocycles. The minimum Gasteiger partial charge on any atom is -0.481 e. The molecule has 0 aromatic rings. The van der Waals surface area contributed by atoms with Gasteiger partial charge in [0.25, 0.3) is 0 Å². The van der Waals surface area contributed by atoms with E-state index in [1.165, 1.54) is 0 Å². The third kappa shape index (κ3) is 12.5. The maximum atomic E-state index is 13.0. The summed E-state index contributed by atoms with van der Waals surface area (Å²) < 4.78 is 0. The molecule has 0 radical (unpaired) electrons. The normalized spacial score (nSPS) is 14.7. The Kier molecular flexibility index (Phi) is 14.7. The molecule has 34 heavy (non-hydrogen) atoms. The van der Waals surface area contributed by atoms with E-state index in [-0.39, 0.29) is 24.7 Å². The number of nitrogens with two attached hydrogens (primary N) is 2. The SMILES string of the molecule is CC(C)CC(N)C(=O)NC(C(=O)NC(CCCCN)C(=O)NC(CCC(=O)O)C(=O)O)C(C)C. The van der Waals surface area contributed by atoms with Crippen LogP contribution in [0.4, 0.5) is 0 Å². The topological polar surface area (TPSA) is 214 Å². The molecule has 0 aliphatic rings. The average molecular weight is 488 g/mol. The van der Waals surface area contributed by atoms with Gasteiger partial charge in [-0.1, -0.05) is 27.7 Å². The van der Waals surface area contributed by atoms with Crippen LogP contribution in [0.5, 0.6) is 0 Å². The number of amides is 3. The van der Waals surface area contributed by atoms with Crippen LogP contribution in [0.3, 0.4) is 0 Å². The van der Waals surface area contributed by atoms with Crippen molar-refractivity contribution in [2.45, 2.75) is 90.4 Å². The third-order valence-electron chi connectivity index (χ3n) is 5.15. The predicted molar refractivity (Wildman–Crippen MR) is 125 cm³/mol. The van der Waals surface area contributed by atoms with Crippen molar-refractivity contribution in [3.63, 3.8) is 0 Å². The molecule has 0 fully saturated rings. The van der Waals surface area contributed by atoms with E-state index in [4.69, 9.17) is 16.6 Å². The van der Waals surface area contributed by atoms with Crippen molar-refractivity contribution in [3.05, 3.63) is 0 Å². The maximum absolute atomic E-state index is 13.0. The Labute approximate surface area is 200 Å². The van der Waals surface area contributed by atoms with E-state index in [1.54, 1.807) is 13.8 Å². The van der Waals surface area contributed by atoms with Gasteiger partial charge in [0, 0.05) is 6.42 Å². The first kappa shape index (κ1) is 31.3. The van der Waals surface area contributed by atoms with Crippen LogP contribution in [0.15, 0.2) is 0 Å². The zero-order valence-corrected chi connectivity index (χ0v) is 20.5. The van der Waals surface area contributed by atoms with Crippen LogP contribution >= 0.6 is 0 Å². The molecule has 0 aromatic heterocycles. The Bertz CT molecular complexity index is 699. The van der Waals surface area contributed by atoms with E-state index in [1.807, 2.05) is 13.8 Å². The molecular formula is C22H41N5O7. The Morgan fingerprint density at radius 3 is 1.85 bits per heavy atom. The van der Waals surface area contributed by atoms with Crippen LogP contribution in [0.25, 0.3) is 0 Å². The van der Waals surface area contributed by atoms with Crippen molar-refractivity contribution in [1.82, 2.24) is 16.0 Å². The molecule has 12 nitrogen and oxygen atoms in total. The lowest BCUT2D eigenvalue weighted by atomic mass is 9.99. The van der Waals surface area contributed by atoms with E-state index in [0.717, 1.165) is 0 Å². The summed E-state index contributed by atoms with van der Waals surface area (Å²) in [5.41, 5.74) is 11.4. The zero-order valence-electron chi connectivity index (χ0n) is 20.5. The van der Waals surface area contributed by atoms with Gasteiger partial charge in [0.2, 0.25) is 17.7 Å². The van der Waals surface area contributed by atoms with Crippen molar-refractivity contribution < 1.29 is 34.2 Å². The summed E-state index contributed by atoms with van der Waals surface area (Å²) in [7, 11) is 0. The highest BCUT2D eigenvalue weighted by molar-refractivity contribution is 5.94. The first-order chi connectivity index (χ1) is 15.8. The lowest BCUT2D eigenvalue weighted by molar-refractivity contribution is -0.143. The zero-order chi connectivity index (χ0) is 26.4. The Hall–Kier alpha value is -2.73. The monoisotopic (exact) mass is 487 g/mol. The summed E-state index contributed by atoms with van der Waals surface area (Å²) >= 11 is 0. The van der Waals surface area contributed by atoms with Crippen LogP contribution in [-0.4, -0.2) is 70.6 Å². The minimum absolute atomic E-state index is 0.186. The highest BCUT2D eigenvalue weighted by Gasteiger charge is 2.31. The van der Waals surface area contributed by atoms with Crippen molar-refractivity contribution in [2.75, 3.05) is 6.54 Å². The lowest BCUT2D eigenvalue weighted by Gasteiger charge is -2.27. The van der Waals surface area contributed by atoms with Crippen LogP contribution in [0.1, 0.15) is 66.2 Å². The van der Waals surface area contributed by atoms with Crippen LogP contribution in [-0.2, 0) is 24.0 Å². The molecule has 3 amide bonds. The van der Waals surface area contributed by atoms with Gasteiger partial charge in [0.1, 0.15) is 18.1 Å². The molecule has 4 atom stereocenters. The first-order valence-electron chi connectivity index (χ1n) is 11.6. The maximum Gasteiger partial charge on any atom is 0.326 e. The Balaban J connectivity index is 5.44. The molecule has 0 rings (SSSR count). The lowest BCUT2D eigenvalue weighted by Crippen LogP contribution is -2.58. The number of carbonyl (C=O) groups is 5. The number of aliphatic carboxylic acids is 2. The van der Waals surface area contributed by atoms with Gasteiger partial charge in [0.05, 0.1) is 6.04 Å². The van der Waals surface area contributed by atoms with Crippen LogP contribution in [0, 0.1) is 11.8 Å². The fraction of sp³-hybridized carbons (Fsp3) is 0.773. The standard InChI is InChI=1S/C22H41N5O7/c1-12(2)11-14(24)19(30)27-18(13(3)4)21(32)25-15(7-5-6-10-23)20(31)26-16(22(33)34)8-9-17(28)29/h12-16,18H,5-11,23-24H2,1-4H3,(H,25,32)(H,26,31)(H,27,30)(H,28,29)(H,33,34). The third-order valence-corrected chi connectivity index (χ3v) is 5.15. The first-order valence-corrected chi connectivity index (χ1v) is 11.6. The number of unbranched alkanes of at least 4 members (excludes halogenated alkanes) is 1. The second kappa shape index (κ2) is 16.0. The van der Waals surface area contributed by atoms with Gasteiger partial charge in [-0.25, -0.2) is 4.79 Å². The van der Waals surface area contributed by atoms with E-state index in [2.05, 4.69) is 16.0 Å². The number of rotatable bonds is 17. The summed E-state index contributed by atoms with van der Waals surface area (Å²) in [6.07, 6.45) is 0.938. The number of hydrogen-bond donors (Lipinski definition) is 7. The number of nitrogens with one attached hydrogen (secondary N) is 3. The molecule has 12 heteroatoms. The van der Waals surface area contributed by atoms with Gasteiger partial charge in [0.15, 0.2) is 0 Å². The van der Waals surface area contributed by atoms with E-state index in [9.17, 15) is 29.1 Å². The molecule has 0 saturated carbocycles. The van der Waals surface area contributed by atoms with Gasteiger partial charge < -0.3 is 37.6 Å². The molecule has 0 spiro atoms. The number of carboxylic acid groups (broad SMARTS) is 2. The van der Waals surface area contributed by atoms with E-state index in [0.29, 0.717) is 25.8 Å². The second-order valence-electron chi connectivity index (χ2n) is 9.14. The molecule has 0 aliphatic carbocycles. The molecule has 4 unspecified atom stereocenters. The van der Waals surface area contributed by atoms with Gasteiger partial charge in [-0.3, -0.25) is 19.2 Å². The molecular weight excluding hydrogens is 446 g/mol. The summed E-state index contributed by atoms with van der Waals surface area (Å²) in [6.45, 7) is 7.68. The fourth-order valence-corrected chi connectivity index (χ4v) is 3.23. The highest BCUT2D eigenvalue weighted by atomic mass is 16.4. The van der Waals surface area contributed by atoms with Crippen LogP contribution in [0.2, 0.25) is 0 Å². The number of hydrogen-bond acceptors (Lipinski definition) is 7. The van der Waals surface area contributed by atoms with Crippen molar-refractivity contribution in [1.29, 1.82) is 0 Å². The van der Waals surface area contributed by atoms with Gasteiger partial charge in [-0.2, -0.15) is 0 Å². The van der Waals surface area contributed by atoms with Crippen molar-refractivity contribution >= 4 is 29.7 Å². The summed E-state index contributed by atoms with van der Waals surface area (Å²) in [5.74, 6) is -4.55. The molecule has 0 heterocycles. The summed E-state index contributed by atoms with van der Waals surface area (Å²) in [5, 5.41) is 25.7. The molecule has 0 aliphatic heterocycles. The minimum atomic E-state index is -1.42. The van der Waals surface area contributed by atoms with E-state index < -0.39 is 60.2 Å². The summed E-state index contributed by atoms with van der Waals surface area (Å²) in [6, 6.07) is -4.26. The quantitative estimate of drug-likeness (QED) is 0.132. The number of carboxylic acids is 2. The van der Waals surface area contributed by atoms with Gasteiger partial charge in [-0.15, -0.1) is 0 Å². The Morgan fingerprint density at radius 1 is 0.794 bits per heavy atom. The molecule has 9 N–H and O–H groups in total. The van der Waals surface area contributed by atoms with Crippen LogP contribution < -0.4 is 27.4 Å². The van der Waals surface area contributed by atoms with Crippen molar-refractivity contribution in [2.24, 2.45) is 23.3 Å². The molecule has 196 valence electrons. The van der Waals surface area contributed by atoms with Gasteiger partial charge >= 0.3 is 11.9 Å². The molecule has 0 bridgehead atoms. The summed E-state index contributed by atoms with van der Waals surface area (Å²) in [4.78, 5) is 60.5. The van der Waals surface area contributed by atoms with Crippen molar-refractivity contribution in [3.8, 4) is 0 Å². The predicted octanol–water partition coefficient (Wildman–Crippen LogP) is -0.451. The van der Waals surface area contributed by atoms with Gasteiger partial charge in [-0.05, 0) is 50.5 Å². The second-order valence-corrected chi connectivity index (χ2v) is 9.14. The Morgan fingerprint density at radius 2 is 1.38 bits per heavy atom. The number of carbonyl (C=O) groups excluding carboxylic acids is 3. The average Bonchev–Trinajstić information content (AvgIpc) is 2.72. The molecule has 0 aromatic carbocycles. The van der Waals surface area contributed by atoms with E-state index >= 15 is 0 Å². The fourth-order valence-electron chi connectivity index (χ4n) is 3.23. The highest BCUT2D eigenvalue weighted by Crippen LogP contribution is 2.09. The largest absolute Gasteiger partial charge is 0.481 e. The smallest absolute Gasteiger partial charge is 0.326 e.